The summed E-state index contributed by atoms with van der Waals surface area (Å²) in [5.74, 6) is 0.0687. The Morgan fingerprint density at radius 3 is 3.00 bits per heavy atom. The lowest BCUT2D eigenvalue weighted by Crippen LogP contribution is -2.25. The second-order valence-corrected chi connectivity index (χ2v) is 5.39. The van der Waals surface area contributed by atoms with Crippen molar-refractivity contribution in [2.24, 2.45) is 0 Å². The molecule has 96 valence electrons. The topological polar surface area (TPSA) is 92.9 Å². The second kappa shape index (κ2) is 5.78. The Bertz CT molecular complexity index is 522. The molecule has 8 heteroatoms. The Hall–Kier alpha value is -1.67. The molecular formula is C10H13N5OS2. The monoisotopic (exact) mass is 283 g/mol. The Morgan fingerprint density at radius 2 is 2.39 bits per heavy atom. The summed E-state index contributed by atoms with van der Waals surface area (Å²) in [6.07, 6.45) is 2.48. The highest BCUT2D eigenvalue weighted by Crippen LogP contribution is 2.24. The molecule has 2 heterocycles. The molecule has 6 nitrogen and oxygen atoms in total. The number of aromatic nitrogens is 2. The molecule has 18 heavy (non-hydrogen) atoms. The predicted octanol–water partition coefficient (Wildman–Crippen LogP) is 1.20. The summed E-state index contributed by atoms with van der Waals surface area (Å²) in [7, 11) is 1.74. The number of thiazole rings is 2. The average Bonchev–Trinajstić information content (AvgIpc) is 2.98. The van der Waals surface area contributed by atoms with E-state index < -0.39 is 0 Å². The van der Waals surface area contributed by atoms with E-state index in [1.807, 2.05) is 5.38 Å². The third kappa shape index (κ3) is 2.96. The largest absolute Gasteiger partial charge is 0.382 e. The van der Waals surface area contributed by atoms with Gasteiger partial charge in [-0.1, -0.05) is 11.3 Å². The number of hydrogen-bond donors (Lipinski definition) is 3. The minimum atomic E-state index is -0.192. The van der Waals surface area contributed by atoms with Crippen molar-refractivity contribution >= 4 is 39.5 Å². The Balaban J connectivity index is 1.89. The van der Waals surface area contributed by atoms with Gasteiger partial charge in [0, 0.05) is 31.6 Å². The average molecular weight is 283 g/mol. The summed E-state index contributed by atoms with van der Waals surface area (Å²) >= 11 is 2.82. The standard InChI is InChI=1S/C10H13N5OS2/c1-12-10-15-8(11)7(18-10)9(16)14-3-2-6-13-4-5-17-6/h4-5H,2-3,11H2,1H3,(H,12,15)(H,14,16). The van der Waals surface area contributed by atoms with Crippen LogP contribution in [0, 0.1) is 0 Å². The number of anilines is 2. The van der Waals surface area contributed by atoms with E-state index in [9.17, 15) is 4.79 Å². The van der Waals surface area contributed by atoms with Gasteiger partial charge in [-0.05, 0) is 0 Å². The molecule has 0 aliphatic heterocycles. The van der Waals surface area contributed by atoms with Crippen molar-refractivity contribution in [2.45, 2.75) is 6.42 Å². The van der Waals surface area contributed by atoms with E-state index in [1.165, 1.54) is 11.3 Å². The fourth-order valence-electron chi connectivity index (χ4n) is 1.34. The van der Waals surface area contributed by atoms with Crippen LogP contribution in [0.25, 0.3) is 0 Å². The van der Waals surface area contributed by atoms with Crippen LogP contribution < -0.4 is 16.4 Å². The van der Waals surface area contributed by atoms with Gasteiger partial charge in [0.2, 0.25) is 0 Å². The Kier molecular flexibility index (Phi) is 4.11. The number of nitrogen functional groups attached to an aromatic ring is 1. The smallest absolute Gasteiger partial charge is 0.265 e. The highest BCUT2D eigenvalue weighted by atomic mass is 32.1. The van der Waals surface area contributed by atoms with Crippen LogP contribution in [0.4, 0.5) is 10.9 Å². The van der Waals surface area contributed by atoms with Crippen LogP contribution >= 0.6 is 22.7 Å². The van der Waals surface area contributed by atoms with Crippen molar-refractivity contribution in [2.75, 3.05) is 24.6 Å². The molecule has 0 aliphatic carbocycles. The Morgan fingerprint density at radius 1 is 1.56 bits per heavy atom. The van der Waals surface area contributed by atoms with Gasteiger partial charge in [0.05, 0.1) is 5.01 Å². The van der Waals surface area contributed by atoms with E-state index in [4.69, 9.17) is 5.73 Å². The van der Waals surface area contributed by atoms with Crippen molar-refractivity contribution in [3.8, 4) is 0 Å². The summed E-state index contributed by atoms with van der Waals surface area (Å²) < 4.78 is 0. The number of rotatable bonds is 5. The van der Waals surface area contributed by atoms with Crippen LogP contribution in [-0.4, -0.2) is 29.5 Å². The van der Waals surface area contributed by atoms with E-state index in [0.29, 0.717) is 16.6 Å². The van der Waals surface area contributed by atoms with Crippen LogP contribution in [-0.2, 0) is 6.42 Å². The number of hydrogen-bond acceptors (Lipinski definition) is 7. The van der Waals surface area contributed by atoms with Crippen molar-refractivity contribution in [1.82, 2.24) is 15.3 Å². The fraction of sp³-hybridized carbons (Fsp3) is 0.300. The summed E-state index contributed by atoms with van der Waals surface area (Å²) in [4.78, 5) is 20.5. The van der Waals surface area contributed by atoms with Gasteiger partial charge in [0.15, 0.2) is 5.13 Å². The number of carbonyl (C=O) groups is 1. The normalized spacial score (nSPS) is 10.3. The molecule has 0 bridgehead atoms. The third-order valence-electron chi connectivity index (χ3n) is 2.18. The molecule has 0 aliphatic rings. The molecule has 0 atom stereocenters. The molecule has 2 rings (SSSR count). The van der Waals surface area contributed by atoms with Crippen molar-refractivity contribution in [1.29, 1.82) is 0 Å². The molecule has 0 aromatic carbocycles. The molecule has 1 amide bonds. The summed E-state index contributed by atoms with van der Waals surface area (Å²) in [5.41, 5.74) is 5.67. The number of carbonyl (C=O) groups excluding carboxylic acids is 1. The van der Waals surface area contributed by atoms with Gasteiger partial charge in [-0.15, -0.1) is 11.3 Å². The summed E-state index contributed by atoms with van der Waals surface area (Å²) in [6, 6.07) is 0. The highest BCUT2D eigenvalue weighted by Gasteiger charge is 2.15. The van der Waals surface area contributed by atoms with E-state index in [1.54, 1.807) is 24.6 Å². The number of nitrogens with two attached hydrogens (primary N) is 1. The van der Waals surface area contributed by atoms with Gasteiger partial charge < -0.3 is 16.4 Å². The van der Waals surface area contributed by atoms with E-state index in [0.717, 1.165) is 11.4 Å². The molecule has 4 N–H and O–H groups in total. The lowest BCUT2D eigenvalue weighted by Gasteiger charge is -2.01. The van der Waals surface area contributed by atoms with Gasteiger partial charge in [-0.3, -0.25) is 4.79 Å². The zero-order valence-electron chi connectivity index (χ0n) is 9.77. The van der Waals surface area contributed by atoms with Crippen LogP contribution in [0.2, 0.25) is 0 Å². The Labute approximate surface area is 112 Å². The first kappa shape index (κ1) is 12.8. The SMILES string of the molecule is CNc1nc(N)c(C(=O)NCCc2nccs2)s1. The lowest BCUT2D eigenvalue weighted by molar-refractivity contribution is 0.0959. The van der Waals surface area contributed by atoms with E-state index in [-0.39, 0.29) is 11.7 Å². The fourth-order valence-corrected chi connectivity index (χ4v) is 2.72. The summed E-state index contributed by atoms with van der Waals surface area (Å²) in [6.45, 7) is 0.540. The molecule has 2 aromatic heterocycles. The molecule has 0 fully saturated rings. The molecular weight excluding hydrogens is 270 g/mol. The molecule has 2 aromatic rings. The minimum absolute atomic E-state index is 0.192. The third-order valence-corrected chi connectivity index (χ3v) is 4.11. The van der Waals surface area contributed by atoms with Gasteiger partial charge in [-0.2, -0.15) is 0 Å². The van der Waals surface area contributed by atoms with Gasteiger partial charge >= 0.3 is 0 Å². The number of nitrogens with one attached hydrogen (secondary N) is 2. The zero-order valence-corrected chi connectivity index (χ0v) is 11.4. The van der Waals surface area contributed by atoms with Crippen LogP contribution in [0.1, 0.15) is 14.7 Å². The zero-order chi connectivity index (χ0) is 13.0. The second-order valence-electron chi connectivity index (χ2n) is 3.42. The van der Waals surface area contributed by atoms with Gasteiger partial charge in [-0.25, -0.2) is 9.97 Å². The summed E-state index contributed by atoms with van der Waals surface area (Å²) in [5, 5.41) is 9.22. The molecule has 0 unspecified atom stereocenters. The minimum Gasteiger partial charge on any atom is -0.382 e. The van der Waals surface area contributed by atoms with Crippen molar-refractivity contribution in [3.05, 3.63) is 21.5 Å². The number of nitrogens with zero attached hydrogens (tertiary/aromatic N) is 2. The van der Waals surface area contributed by atoms with Crippen LogP contribution in [0.5, 0.6) is 0 Å². The first-order valence-electron chi connectivity index (χ1n) is 5.31. The maximum atomic E-state index is 11.9. The van der Waals surface area contributed by atoms with Crippen molar-refractivity contribution in [3.63, 3.8) is 0 Å². The highest BCUT2D eigenvalue weighted by molar-refractivity contribution is 7.18. The number of amides is 1. The van der Waals surface area contributed by atoms with Gasteiger partial charge in [0.1, 0.15) is 10.7 Å². The van der Waals surface area contributed by atoms with E-state index >= 15 is 0 Å². The maximum Gasteiger partial charge on any atom is 0.265 e. The molecule has 0 saturated heterocycles. The predicted molar refractivity (Wildman–Crippen MR) is 74.2 cm³/mol. The molecule has 0 radical (unpaired) electrons. The van der Waals surface area contributed by atoms with Crippen molar-refractivity contribution < 1.29 is 4.79 Å². The first-order chi connectivity index (χ1) is 8.70. The van der Waals surface area contributed by atoms with Crippen LogP contribution in [0.3, 0.4) is 0 Å². The maximum absolute atomic E-state index is 11.9. The first-order valence-corrected chi connectivity index (χ1v) is 7.01. The van der Waals surface area contributed by atoms with Crippen LogP contribution in [0.15, 0.2) is 11.6 Å². The van der Waals surface area contributed by atoms with E-state index in [2.05, 4.69) is 20.6 Å². The molecule has 0 spiro atoms. The molecule has 0 saturated carbocycles. The quantitative estimate of drug-likeness (QED) is 0.766. The lowest BCUT2D eigenvalue weighted by atomic mass is 10.4. The van der Waals surface area contributed by atoms with Gasteiger partial charge in [0.25, 0.3) is 5.91 Å².